The Kier molecular flexibility index (Phi) is 4.17. The van der Waals surface area contributed by atoms with Crippen molar-refractivity contribution in [2.75, 3.05) is 18.6 Å². The number of carbonyl (C=O) groups is 1. The molecule has 148 valence electrons. The number of fused-ring (bicyclic) bond motifs is 2. The zero-order valence-electron chi connectivity index (χ0n) is 15.8. The number of hydrogen-bond donors (Lipinski definition) is 2. The summed E-state index contributed by atoms with van der Waals surface area (Å²) in [6.07, 6.45) is 5.04. The number of aromatic amines is 1. The molecule has 29 heavy (non-hydrogen) atoms. The number of benzene rings is 1. The SMILES string of the molecule is CO[C@@H](c1cc2cc(C(=O)O)ccc2[nH]1)C1CCCN1c1ccnc2ncnn12. The van der Waals surface area contributed by atoms with Crippen LogP contribution in [-0.2, 0) is 4.74 Å². The van der Waals surface area contributed by atoms with Gasteiger partial charge < -0.3 is 19.7 Å². The minimum Gasteiger partial charge on any atom is -0.478 e. The van der Waals surface area contributed by atoms with E-state index >= 15 is 0 Å². The van der Waals surface area contributed by atoms with Crippen molar-refractivity contribution in [2.24, 2.45) is 0 Å². The van der Waals surface area contributed by atoms with Crippen LogP contribution in [0.25, 0.3) is 16.7 Å². The van der Waals surface area contributed by atoms with Crippen molar-refractivity contribution < 1.29 is 14.6 Å². The van der Waals surface area contributed by atoms with Gasteiger partial charge in [0.15, 0.2) is 0 Å². The lowest BCUT2D eigenvalue weighted by Crippen LogP contribution is -2.36. The van der Waals surface area contributed by atoms with E-state index in [9.17, 15) is 9.90 Å². The highest BCUT2D eigenvalue weighted by atomic mass is 16.5. The molecule has 0 amide bonds. The monoisotopic (exact) mass is 392 g/mol. The van der Waals surface area contributed by atoms with Crippen LogP contribution < -0.4 is 4.90 Å². The van der Waals surface area contributed by atoms with E-state index in [2.05, 4.69) is 25.0 Å². The second-order valence-corrected chi connectivity index (χ2v) is 7.17. The van der Waals surface area contributed by atoms with Crippen LogP contribution in [0.1, 0.15) is 35.0 Å². The molecule has 5 rings (SSSR count). The quantitative estimate of drug-likeness (QED) is 0.537. The number of H-pyrrole nitrogens is 1. The van der Waals surface area contributed by atoms with Gasteiger partial charge in [0.05, 0.1) is 11.6 Å². The number of hydrogen-bond acceptors (Lipinski definition) is 6. The number of nitrogens with zero attached hydrogens (tertiary/aromatic N) is 5. The Bertz CT molecular complexity index is 1200. The number of aromatic nitrogens is 5. The van der Waals surface area contributed by atoms with Crippen LogP contribution in [-0.4, -0.2) is 55.3 Å². The first-order chi connectivity index (χ1) is 14.2. The highest BCUT2D eigenvalue weighted by Crippen LogP contribution is 2.35. The van der Waals surface area contributed by atoms with Crippen molar-refractivity contribution in [3.05, 3.63) is 54.1 Å². The van der Waals surface area contributed by atoms with Gasteiger partial charge >= 0.3 is 5.97 Å². The van der Waals surface area contributed by atoms with E-state index in [4.69, 9.17) is 4.74 Å². The summed E-state index contributed by atoms with van der Waals surface area (Å²) < 4.78 is 7.67. The second-order valence-electron chi connectivity index (χ2n) is 7.17. The lowest BCUT2D eigenvalue weighted by atomic mass is 10.0. The summed E-state index contributed by atoms with van der Waals surface area (Å²) in [7, 11) is 1.70. The van der Waals surface area contributed by atoms with Crippen molar-refractivity contribution in [3.8, 4) is 0 Å². The molecule has 0 spiro atoms. The summed E-state index contributed by atoms with van der Waals surface area (Å²) in [5.74, 6) is 0.560. The Labute approximate surface area is 166 Å². The van der Waals surface area contributed by atoms with Crippen molar-refractivity contribution in [3.63, 3.8) is 0 Å². The maximum Gasteiger partial charge on any atom is 0.335 e. The van der Waals surface area contributed by atoms with Crippen LogP contribution in [0, 0.1) is 0 Å². The fourth-order valence-corrected chi connectivity index (χ4v) is 4.27. The Hall–Kier alpha value is -3.46. The van der Waals surface area contributed by atoms with Crippen LogP contribution >= 0.6 is 0 Å². The summed E-state index contributed by atoms with van der Waals surface area (Å²) in [5.41, 5.74) is 2.08. The van der Waals surface area contributed by atoms with Gasteiger partial charge in [-0.25, -0.2) is 9.78 Å². The van der Waals surface area contributed by atoms with E-state index in [1.165, 1.54) is 6.33 Å². The number of aromatic carboxylic acids is 1. The molecular formula is C20H20N6O3. The fourth-order valence-electron chi connectivity index (χ4n) is 4.27. The number of nitrogens with one attached hydrogen (secondary N) is 1. The molecule has 3 aromatic heterocycles. The number of rotatable bonds is 5. The second kappa shape index (κ2) is 6.85. The Morgan fingerprint density at radius 2 is 2.21 bits per heavy atom. The first kappa shape index (κ1) is 17.6. The van der Waals surface area contributed by atoms with Gasteiger partial charge in [0.25, 0.3) is 5.78 Å². The van der Waals surface area contributed by atoms with Crippen LogP contribution in [0.2, 0.25) is 0 Å². The number of ether oxygens (including phenoxy) is 1. The largest absolute Gasteiger partial charge is 0.478 e. The van der Waals surface area contributed by atoms with Gasteiger partial charge in [-0.2, -0.15) is 14.6 Å². The number of anilines is 1. The van der Waals surface area contributed by atoms with E-state index in [-0.39, 0.29) is 17.7 Å². The molecule has 9 heteroatoms. The number of carboxylic acid groups (broad SMARTS) is 1. The molecule has 1 aliphatic heterocycles. The summed E-state index contributed by atoms with van der Waals surface area (Å²) in [5, 5.41) is 14.4. The van der Waals surface area contributed by atoms with Gasteiger partial charge in [0, 0.05) is 36.4 Å². The van der Waals surface area contributed by atoms with Gasteiger partial charge in [-0.15, -0.1) is 0 Å². The predicted octanol–water partition coefficient (Wildman–Crippen LogP) is 2.66. The summed E-state index contributed by atoms with van der Waals surface area (Å²) in [6.45, 7) is 0.882. The lowest BCUT2D eigenvalue weighted by molar-refractivity contribution is 0.0697. The minimum atomic E-state index is -0.936. The summed E-state index contributed by atoms with van der Waals surface area (Å²) in [6, 6.07) is 9.09. The molecule has 1 fully saturated rings. The molecule has 0 aliphatic carbocycles. The third-order valence-corrected chi connectivity index (χ3v) is 5.55. The summed E-state index contributed by atoms with van der Waals surface area (Å²) >= 11 is 0. The lowest BCUT2D eigenvalue weighted by Gasteiger charge is -2.31. The van der Waals surface area contributed by atoms with Gasteiger partial charge in [-0.05, 0) is 43.2 Å². The Morgan fingerprint density at radius 3 is 3.03 bits per heavy atom. The number of carboxylic acids is 1. The highest BCUT2D eigenvalue weighted by molar-refractivity contribution is 5.93. The molecule has 4 heterocycles. The molecule has 1 saturated heterocycles. The molecule has 1 unspecified atom stereocenters. The van der Waals surface area contributed by atoms with Crippen molar-refractivity contribution in [2.45, 2.75) is 25.0 Å². The third-order valence-electron chi connectivity index (χ3n) is 5.55. The minimum absolute atomic E-state index is 0.0989. The van der Waals surface area contributed by atoms with Crippen LogP contribution in [0.3, 0.4) is 0 Å². The zero-order valence-corrected chi connectivity index (χ0v) is 15.8. The van der Waals surface area contributed by atoms with Crippen molar-refractivity contribution in [1.82, 2.24) is 24.6 Å². The fraction of sp³-hybridized carbons (Fsp3) is 0.300. The Balaban J connectivity index is 1.53. The van der Waals surface area contributed by atoms with E-state index in [0.717, 1.165) is 41.8 Å². The molecule has 2 atom stereocenters. The average molecular weight is 392 g/mol. The topological polar surface area (TPSA) is 109 Å². The van der Waals surface area contributed by atoms with E-state index in [0.29, 0.717) is 5.78 Å². The average Bonchev–Trinajstić information content (AvgIpc) is 3.46. The molecule has 0 saturated carbocycles. The number of methoxy groups -OCH3 is 1. The normalized spacial score (nSPS) is 18.0. The maximum absolute atomic E-state index is 11.3. The van der Waals surface area contributed by atoms with Crippen LogP contribution in [0.5, 0.6) is 0 Å². The molecular weight excluding hydrogens is 372 g/mol. The van der Waals surface area contributed by atoms with Gasteiger partial charge in [-0.3, -0.25) is 0 Å². The maximum atomic E-state index is 11.3. The predicted molar refractivity (Wildman–Crippen MR) is 106 cm³/mol. The van der Waals surface area contributed by atoms with Crippen LogP contribution in [0.15, 0.2) is 42.9 Å². The molecule has 4 aromatic rings. The summed E-state index contributed by atoms with van der Waals surface area (Å²) in [4.78, 5) is 25.4. The Morgan fingerprint density at radius 1 is 1.31 bits per heavy atom. The van der Waals surface area contributed by atoms with Gasteiger partial charge in [-0.1, -0.05) is 0 Å². The molecule has 0 bridgehead atoms. The van der Waals surface area contributed by atoms with E-state index in [1.807, 2.05) is 12.1 Å². The van der Waals surface area contributed by atoms with E-state index < -0.39 is 5.97 Å². The van der Waals surface area contributed by atoms with Crippen molar-refractivity contribution in [1.29, 1.82) is 0 Å². The zero-order chi connectivity index (χ0) is 20.0. The molecule has 1 aromatic carbocycles. The molecule has 0 radical (unpaired) electrons. The first-order valence-corrected chi connectivity index (χ1v) is 9.46. The van der Waals surface area contributed by atoms with Crippen molar-refractivity contribution >= 4 is 28.5 Å². The van der Waals surface area contributed by atoms with Gasteiger partial charge in [0.2, 0.25) is 0 Å². The highest BCUT2D eigenvalue weighted by Gasteiger charge is 2.35. The smallest absolute Gasteiger partial charge is 0.335 e. The van der Waals surface area contributed by atoms with Crippen LogP contribution in [0.4, 0.5) is 5.82 Å². The van der Waals surface area contributed by atoms with E-state index in [1.54, 1.807) is 36.0 Å². The first-order valence-electron chi connectivity index (χ1n) is 9.46. The molecule has 1 aliphatic rings. The molecule has 2 N–H and O–H groups in total. The third kappa shape index (κ3) is 2.90. The molecule has 9 nitrogen and oxygen atoms in total. The van der Waals surface area contributed by atoms with Gasteiger partial charge in [0.1, 0.15) is 18.2 Å². The standard InChI is InChI=1S/C20H20N6O3/c1-29-18(15-10-13-9-12(19(27)28)4-5-14(13)24-15)16-3-2-8-25(16)17-6-7-21-20-22-11-23-26(17)20/h4-7,9-11,16,18,24H,2-3,8H2,1H3,(H,27,28)/t16?,18-/m0/s1.